The monoisotopic (exact) mass is 826 g/mol. The van der Waals surface area contributed by atoms with E-state index in [4.69, 9.17) is 0 Å². The zero-order chi connectivity index (χ0) is 43.1. The van der Waals surface area contributed by atoms with Gasteiger partial charge in [0.2, 0.25) is 0 Å². The highest BCUT2D eigenvalue weighted by Crippen LogP contribution is 2.19. The minimum Gasteiger partial charge on any atom is -0.392 e. The molecule has 0 fully saturated rings. The van der Waals surface area contributed by atoms with Crippen LogP contribution in [0, 0.1) is 11.8 Å². The molecular formula is C51H107N3O4. The Morgan fingerprint density at radius 2 is 0.638 bits per heavy atom. The third-order valence-corrected chi connectivity index (χ3v) is 13.1. The maximum Gasteiger partial charge on any atom is 0.0692 e. The summed E-state index contributed by atoms with van der Waals surface area (Å²) < 4.78 is 0. The first kappa shape index (κ1) is 57.7. The van der Waals surface area contributed by atoms with Gasteiger partial charge in [-0.3, -0.25) is 9.80 Å². The Balaban J connectivity index is 5.04. The first-order chi connectivity index (χ1) is 28.1. The van der Waals surface area contributed by atoms with E-state index < -0.39 is 0 Å². The van der Waals surface area contributed by atoms with Crippen LogP contribution in [0.1, 0.15) is 234 Å². The summed E-state index contributed by atoms with van der Waals surface area (Å²) in [6, 6.07) is 0. The second kappa shape index (κ2) is 42.0. The van der Waals surface area contributed by atoms with Crippen LogP contribution in [0.2, 0.25) is 0 Å². The lowest BCUT2D eigenvalue weighted by Crippen LogP contribution is -2.46. The molecule has 0 amide bonds. The van der Waals surface area contributed by atoms with Crippen molar-refractivity contribution in [3.05, 3.63) is 0 Å². The van der Waals surface area contributed by atoms with E-state index >= 15 is 0 Å². The topological polar surface area (TPSA) is 90.6 Å². The van der Waals surface area contributed by atoms with E-state index in [-0.39, 0.29) is 36.3 Å². The minimum absolute atomic E-state index is 0.252. The van der Waals surface area contributed by atoms with Crippen molar-refractivity contribution in [2.75, 3.05) is 59.4 Å². The number of hydrogen-bond donors (Lipinski definition) is 4. The number of aliphatic hydroxyl groups excluding tert-OH is 4. The van der Waals surface area contributed by atoms with Gasteiger partial charge in [0, 0.05) is 52.4 Å². The normalized spacial score (nSPS) is 15.4. The van der Waals surface area contributed by atoms with Crippen LogP contribution >= 0.6 is 0 Å². The molecular weight excluding hydrogens is 719 g/mol. The number of hydrogen-bond acceptors (Lipinski definition) is 7. The van der Waals surface area contributed by atoms with Gasteiger partial charge in [0.25, 0.3) is 0 Å². The van der Waals surface area contributed by atoms with Crippen molar-refractivity contribution in [3.8, 4) is 0 Å². The third kappa shape index (κ3) is 36.4. The van der Waals surface area contributed by atoms with Crippen LogP contribution in [0.3, 0.4) is 0 Å². The average molecular weight is 826 g/mol. The van der Waals surface area contributed by atoms with Crippen molar-refractivity contribution in [1.82, 2.24) is 14.7 Å². The zero-order valence-corrected chi connectivity index (χ0v) is 40.5. The molecule has 0 radical (unpaired) electrons. The second-order valence-corrected chi connectivity index (χ2v) is 19.1. The standard InChI is InChI=1S/C51H107N3O4/c1-8-12-15-18-21-24-25-28-31-34-37-49(56)43-54(45-51(58)47(6)36-33-30-27-23-20-17-14-10-3)41-39-52(7)38-40-53(42-48(55)11-4)44-50(57)46(5)35-32-29-26-22-19-16-13-9-2/h46-51,55-58H,8-45H2,1-7H3. The van der Waals surface area contributed by atoms with Gasteiger partial charge in [-0.25, -0.2) is 0 Å². The average Bonchev–Trinajstić information content (AvgIpc) is 3.21. The Bertz CT molecular complexity index is 821. The van der Waals surface area contributed by atoms with E-state index in [0.717, 1.165) is 51.9 Å². The van der Waals surface area contributed by atoms with Crippen LogP contribution < -0.4 is 0 Å². The van der Waals surface area contributed by atoms with Gasteiger partial charge < -0.3 is 25.3 Å². The van der Waals surface area contributed by atoms with E-state index in [0.29, 0.717) is 32.6 Å². The van der Waals surface area contributed by atoms with Gasteiger partial charge in [0.15, 0.2) is 0 Å². The fraction of sp³-hybridized carbons (Fsp3) is 1.00. The van der Waals surface area contributed by atoms with Crippen LogP contribution in [0.4, 0.5) is 0 Å². The highest BCUT2D eigenvalue weighted by molar-refractivity contribution is 4.76. The molecule has 58 heavy (non-hydrogen) atoms. The molecule has 350 valence electrons. The molecule has 0 heterocycles. The maximum absolute atomic E-state index is 11.4. The van der Waals surface area contributed by atoms with Crippen LogP contribution in [0.25, 0.3) is 0 Å². The van der Waals surface area contributed by atoms with Crippen molar-refractivity contribution in [1.29, 1.82) is 0 Å². The fourth-order valence-electron chi connectivity index (χ4n) is 8.41. The van der Waals surface area contributed by atoms with E-state index in [9.17, 15) is 20.4 Å². The smallest absolute Gasteiger partial charge is 0.0692 e. The lowest BCUT2D eigenvalue weighted by atomic mass is 9.96. The quantitative estimate of drug-likeness (QED) is 0.0455. The van der Waals surface area contributed by atoms with Gasteiger partial charge >= 0.3 is 0 Å². The number of nitrogens with zero attached hydrogens (tertiary/aromatic N) is 3. The van der Waals surface area contributed by atoms with Crippen molar-refractivity contribution in [2.24, 2.45) is 11.8 Å². The van der Waals surface area contributed by atoms with Crippen LogP contribution in [0.5, 0.6) is 0 Å². The number of rotatable bonds is 46. The summed E-state index contributed by atoms with van der Waals surface area (Å²) in [5.41, 5.74) is 0. The van der Waals surface area contributed by atoms with Gasteiger partial charge in [0.05, 0.1) is 24.4 Å². The molecule has 0 saturated heterocycles. The Hall–Kier alpha value is -0.280. The second-order valence-electron chi connectivity index (χ2n) is 19.1. The lowest BCUT2D eigenvalue weighted by Gasteiger charge is -2.33. The predicted octanol–water partition coefficient (Wildman–Crippen LogP) is 12.0. The highest BCUT2D eigenvalue weighted by Gasteiger charge is 2.22. The fourth-order valence-corrected chi connectivity index (χ4v) is 8.41. The van der Waals surface area contributed by atoms with Gasteiger partial charge in [-0.05, 0) is 44.6 Å². The van der Waals surface area contributed by atoms with E-state index in [1.165, 1.54) is 161 Å². The summed E-state index contributed by atoms with van der Waals surface area (Å²) in [7, 11) is 2.16. The van der Waals surface area contributed by atoms with Crippen molar-refractivity contribution < 1.29 is 20.4 Å². The Morgan fingerprint density at radius 1 is 0.345 bits per heavy atom. The number of aliphatic hydroxyl groups is 4. The maximum atomic E-state index is 11.4. The molecule has 0 aromatic carbocycles. The van der Waals surface area contributed by atoms with Crippen molar-refractivity contribution in [2.45, 2.75) is 259 Å². The number of likely N-dealkylation sites (N-methyl/N-ethyl adjacent to an activating group) is 1. The van der Waals surface area contributed by atoms with Crippen LogP contribution in [0.15, 0.2) is 0 Å². The molecule has 0 spiro atoms. The molecule has 0 aliphatic carbocycles. The molecule has 0 aromatic heterocycles. The van der Waals surface area contributed by atoms with Gasteiger partial charge in [0.1, 0.15) is 0 Å². The molecule has 7 nitrogen and oxygen atoms in total. The molecule has 7 heteroatoms. The predicted molar refractivity (Wildman–Crippen MR) is 254 cm³/mol. The lowest BCUT2D eigenvalue weighted by molar-refractivity contribution is 0.0314. The Kier molecular flexibility index (Phi) is 41.8. The van der Waals surface area contributed by atoms with Gasteiger partial charge in [-0.2, -0.15) is 0 Å². The molecule has 0 rings (SSSR count). The molecule has 0 bridgehead atoms. The molecule has 6 unspecified atom stereocenters. The Labute approximate surface area is 363 Å². The minimum atomic E-state index is -0.389. The molecule has 6 atom stereocenters. The van der Waals surface area contributed by atoms with E-state index in [1.54, 1.807) is 0 Å². The highest BCUT2D eigenvalue weighted by atomic mass is 16.3. The first-order valence-corrected chi connectivity index (χ1v) is 25.9. The molecule has 0 saturated carbocycles. The molecule has 0 aliphatic heterocycles. The summed E-state index contributed by atoms with van der Waals surface area (Å²) in [5, 5.41) is 44.4. The summed E-state index contributed by atoms with van der Waals surface area (Å²) in [5.74, 6) is 0.506. The van der Waals surface area contributed by atoms with Crippen LogP contribution in [-0.2, 0) is 0 Å². The SMILES string of the molecule is CCCCCCCCCCCCC(O)CN(CCN(C)CCN(CC(O)CC)CC(O)C(C)CCCCCCCCCC)CC(O)C(C)CCCCCCCCCC. The van der Waals surface area contributed by atoms with Gasteiger partial charge in [-0.15, -0.1) is 0 Å². The number of unbranched alkanes of at least 4 members (excludes halogenated alkanes) is 23. The van der Waals surface area contributed by atoms with Crippen molar-refractivity contribution in [3.63, 3.8) is 0 Å². The summed E-state index contributed by atoms with van der Waals surface area (Å²) >= 11 is 0. The van der Waals surface area contributed by atoms with Gasteiger partial charge in [-0.1, -0.05) is 208 Å². The van der Waals surface area contributed by atoms with Crippen LogP contribution in [-0.4, -0.2) is 119 Å². The summed E-state index contributed by atoms with van der Waals surface area (Å²) in [6.45, 7) is 19.0. The first-order valence-electron chi connectivity index (χ1n) is 25.9. The van der Waals surface area contributed by atoms with E-state index in [1.807, 2.05) is 6.92 Å². The third-order valence-electron chi connectivity index (χ3n) is 13.1. The molecule has 0 aliphatic rings. The molecule has 4 N–H and O–H groups in total. The largest absolute Gasteiger partial charge is 0.392 e. The zero-order valence-electron chi connectivity index (χ0n) is 40.5. The summed E-state index contributed by atoms with van der Waals surface area (Å²) in [4.78, 5) is 6.94. The Morgan fingerprint density at radius 3 is 0.966 bits per heavy atom. The van der Waals surface area contributed by atoms with Crippen molar-refractivity contribution >= 4 is 0 Å². The molecule has 0 aromatic rings. The van der Waals surface area contributed by atoms with E-state index in [2.05, 4.69) is 56.4 Å². The summed E-state index contributed by atoms with van der Waals surface area (Å²) in [6.07, 6.45) is 36.1.